The van der Waals surface area contributed by atoms with E-state index in [4.69, 9.17) is 4.74 Å². The van der Waals surface area contributed by atoms with E-state index in [9.17, 15) is 9.59 Å². The molecule has 1 atom stereocenters. The minimum absolute atomic E-state index is 0.0835. The lowest BCUT2D eigenvalue weighted by Crippen LogP contribution is -2.42. The molecule has 3 nitrogen and oxygen atoms in total. The number of methoxy groups -OCH3 is 1. The van der Waals surface area contributed by atoms with Crippen molar-refractivity contribution in [3.05, 3.63) is 0 Å². The number of carbonyl (C=O) groups excluding carboxylic acids is 2. The van der Waals surface area contributed by atoms with Gasteiger partial charge in [-0.25, -0.2) is 0 Å². The Bertz CT molecular complexity index is 255. The molecule has 0 amide bonds. The van der Waals surface area contributed by atoms with Crippen molar-refractivity contribution in [1.29, 1.82) is 0 Å². The van der Waals surface area contributed by atoms with E-state index < -0.39 is 5.41 Å². The molecule has 1 unspecified atom stereocenters. The van der Waals surface area contributed by atoms with Crippen molar-refractivity contribution >= 4 is 27.7 Å². The van der Waals surface area contributed by atoms with Crippen LogP contribution in [0.3, 0.4) is 0 Å². The zero-order chi connectivity index (χ0) is 12.0. The fourth-order valence-corrected chi connectivity index (χ4v) is 2.79. The summed E-state index contributed by atoms with van der Waals surface area (Å²) in [6.45, 7) is 0. The first-order valence-corrected chi connectivity index (χ1v) is 6.97. The van der Waals surface area contributed by atoms with Crippen molar-refractivity contribution in [3.8, 4) is 0 Å². The number of Topliss-reactive ketones (excluding diaryl/α,β-unsaturated/α-hetero) is 1. The molecule has 0 saturated heterocycles. The zero-order valence-corrected chi connectivity index (χ0v) is 11.3. The molecule has 16 heavy (non-hydrogen) atoms. The number of esters is 1. The molecule has 1 aliphatic rings. The van der Waals surface area contributed by atoms with Crippen molar-refractivity contribution in [2.45, 2.75) is 44.9 Å². The fraction of sp³-hybridized carbons (Fsp3) is 0.833. The molecule has 4 heteroatoms. The van der Waals surface area contributed by atoms with E-state index in [1.165, 1.54) is 7.11 Å². The fourth-order valence-electron chi connectivity index (χ4n) is 2.39. The van der Waals surface area contributed by atoms with Gasteiger partial charge in [-0.15, -0.1) is 0 Å². The predicted octanol–water partition coefficient (Wildman–Crippen LogP) is 2.85. The molecular weight excluding hydrogens is 272 g/mol. The average Bonchev–Trinajstić information content (AvgIpc) is 2.31. The number of hydrogen-bond donors (Lipinski definition) is 0. The number of halogens is 1. The highest BCUT2D eigenvalue weighted by atomic mass is 79.9. The smallest absolute Gasteiger partial charge is 0.319 e. The minimum Gasteiger partial charge on any atom is -0.468 e. The van der Waals surface area contributed by atoms with Gasteiger partial charge in [-0.1, -0.05) is 28.8 Å². The quantitative estimate of drug-likeness (QED) is 0.338. The van der Waals surface area contributed by atoms with Crippen LogP contribution >= 0.6 is 15.9 Å². The van der Waals surface area contributed by atoms with Crippen LogP contribution in [0.25, 0.3) is 0 Å². The van der Waals surface area contributed by atoms with Gasteiger partial charge in [-0.05, 0) is 25.7 Å². The van der Waals surface area contributed by atoms with Crippen molar-refractivity contribution < 1.29 is 14.3 Å². The standard InChI is InChI=1S/C12H19BrO3/c1-16-11(15)12(8-4-5-9-13)7-3-2-6-10(12)14/h2-9H2,1H3. The molecule has 1 saturated carbocycles. The van der Waals surface area contributed by atoms with Crippen LogP contribution in [-0.2, 0) is 14.3 Å². The topological polar surface area (TPSA) is 43.4 Å². The Morgan fingerprint density at radius 2 is 2.19 bits per heavy atom. The maximum Gasteiger partial charge on any atom is 0.319 e. The number of ketones is 1. The third-order valence-electron chi connectivity index (χ3n) is 3.35. The van der Waals surface area contributed by atoms with Crippen LogP contribution in [0.1, 0.15) is 44.9 Å². The van der Waals surface area contributed by atoms with Crippen LogP contribution in [0.2, 0.25) is 0 Å². The molecule has 1 fully saturated rings. The highest BCUT2D eigenvalue weighted by molar-refractivity contribution is 9.09. The summed E-state index contributed by atoms with van der Waals surface area (Å²) in [7, 11) is 1.37. The Morgan fingerprint density at radius 3 is 2.75 bits per heavy atom. The van der Waals surface area contributed by atoms with Crippen LogP contribution in [0, 0.1) is 5.41 Å². The summed E-state index contributed by atoms with van der Waals surface area (Å²) in [5.74, 6) is -0.244. The average molecular weight is 291 g/mol. The third kappa shape index (κ3) is 2.84. The summed E-state index contributed by atoms with van der Waals surface area (Å²) in [4.78, 5) is 23.8. The first-order valence-electron chi connectivity index (χ1n) is 5.85. The number of rotatable bonds is 5. The molecule has 0 aromatic carbocycles. The van der Waals surface area contributed by atoms with E-state index >= 15 is 0 Å². The van der Waals surface area contributed by atoms with Crippen molar-refractivity contribution in [1.82, 2.24) is 0 Å². The molecule has 0 aromatic heterocycles. The lowest BCUT2D eigenvalue weighted by atomic mass is 9.70. The highest BCUT2D eigenvalue weighted by Gasteiger charge is 2.46. The number of alkyl halides is 1. The van der Waals surface area contributed by atoms with Crippen molar-refractivity contribution in [2.75, 3.05) is 12.4 Å². The van der Waals surface area contributed by atoms with E-state index in [1.54, 1.807) is 0 Å². The second kappa shape index (κ2) is 6.38. The van der Waals surface area contributed by atoms with E-state index in [2.05, 4.69) is 15.9 Å². The molecule has 1 aliphatic carbocycles. The minimum atomic E-state index is -0.824. The van der Waals surface area contributed by atoms with Gasteiger partial charge in [0.2, 0.25) is 0 Å². The van der Waals surface area contributed by atoms with Crippen molar-refractivity contribution in [3.63, 3.8) is 0 Å². The summed E-state index contributed by atoms with van der Waals surface area (Å²) < 4.78 is 4.82. The van der Waals surface area contributed by atoms with Crippen LogP contribution in [0.15, 0.2) is 0 Å². The van der Waals surface area contributed by atoms with Gasteiger partial charge in [0.25, 0.3) is 0 Å². The summed E-state index contributed by atoms with van der Waals surface area (Å²) in [6.07, 6.45) is 5.59. The number of ether oxygens (including phenoxy) is 1. The third-order valence-corrected chi connectivity index (χ3v) is 3.92. The molecule has 0 aromatic rings. The van der Waals surface area contributed by atoms with Gasteiger partial charge in [0.15, 0.2) is 0 Å². The Labute approximate surface area is 105 Å². The number of carbonyl (C=O) groups is 2. The lowest BCUT2D eigenvalue weighted by Gasteiger charge is -2.32. The molecule has 92 valence electrons. The summed E-state index contributed by atoms with van der Waals surface area (Å²) >= 11 is 3.36. The number of hydrogen-bond acceptors (Lipinski definition) is 3. The van der Waals surface area contributed by atoms with E-state index in [1.807, 2.05) is 0 Å². The van der Waals surface area contributed by atoms with Gasteiger partial charge in [-0.2, -0.15) is 0 Å². The van der Waals surface area contributed by atoms with Gasteiger partial charge in [-0.3, -0.25) is 9.59 Å². The Balaban J connectivity index is 2.74. The van der Waals surface area contributed by atoms with Crippen LogP contribution in [0.4, 0.5) is 0 Å². The monoisotopic (exact) mass is 290 g/mol. The maximum atomic E-state index is 12.0. The Kier molecular flexibility index (Phi) is 5.46. The molecule has 0 heterocycles. The van der Waals surface area contributed by atoms with Crippen LogP contribution in [-0.4, -0.2) is 24.2 Å². The van der Waals surface area contributed by atoms with Gasteiger partial charge in [0.05, 0.1) is 7.11 Å². The Morgan fingerprint density at radius 1 is 1.44 bits per heavy atom. The molecular formula is C12H19BrO3. The zero-order valence-electron chi connectivity index (χ0n) is 9.76. The first kappa shape index (κ1) is 13.7. The normalized spacial score (nSPS) is 25.5. The summed E-state index contributed by atoms with van der Waals surface area (Å²) in [6, 6.07) is 0. The molecule has 0 aliphatic heterocycles. The van der Waals surface area contributed by atoms with E-state index in [0.29, 0.717) is 19.3 Å². The first-order chi connectivity index (χ1) is 7.67. The van der Waals surface area contributed by atoms with Crippen molar-refractivity contribution in [2.24, 2.45) is 5.41 Å². The van der Waals surface area contributed by atoms with Gasteiger partial charge >= 0.3 is 5.97 Å². The van der Waals surface area contributed by atoms with Gasteiger partial charge in [0.1, 0.15) is 11.2 Å². The van der Waals surface area contributed by atoms with E-state index in [-0.39, 0.29) is 11.8 Å². The summed E-state index contributed by atoms with van der Waals surface area (Å²) in [5.41, 5.74) is -0.824. The lowest BCUT2D eigenvalue weighted by molar-refractivity contribution is -0.160. The molecule has 0 bridgehead atoms. The molecule has 1 rings (SSSR count). The second-order valence-corrected chi connectivity index (χ2v) is 5.14. The largest absolute Gasteiger partial charge is 0.468 e. The SMILES string of the molecule is COC(=O)C1(CCCCBr)CCCCC1=O. The number of unbranched alkanes of at least 4 members (excludes halogenated alkanes) is 1. The Hall–Kier alpha value is -0.380. The summed E-state index contributed by atoms with van der Waals surface area (Å²) in [5, 5.41) is 0.915. The van der Waals surface area contributed by atoms with Crippen LogP contribution < -0.4 is 0 Å². The molecule has 0 radical (unpaired) electrons. The molecule has 0 spiro atoms. The van der Waals surface area contributed by atoms with Gasteiger partial charge < -0.3 is 4.74 Å². The van der Waals surface area contributed by atoms with Gasteiger partial charge in [0, 0.05) is 11.8 Å². The van der Waals surface area contributed by atoms with Crippen LogP contribution in [0.5, 0.6) is 0 Å². The maximum absolute atomic E-state index is 12.0. The van der Waals surface area contributed by atoms with E-state index in [0.717, 1.165) is 31.0 Å². The predicted molar refractivity (Wildman–Crippen MR) is 65.6 cm³/mol. The second-order valence-electron chi connectivity index (χ2n) is 4.35. The highest BCUT2D eigenvalue weighted by Crippen LogP contribution is 2.39. The molecule has 0 N–H and O–H groups in total.